The minimum Gasteiger partial charge on any atom is -0.435 e. The summed E-state index contributed by atoms with van der Waals surface area (Å²) in [5.74, 6) is 0.594. The average molecular weight is 396 g/mol. The second-order valence-electron chi connectivity index (χ2n) is 6.65. The van der Waals surface area contributed by atoms with Crippen molar-refractivity contribution >= 4 is 28.5 Å². The van der Waals surface area contributed by atoms with Crippen LogP contribution in [0.4, 0.5) is 14.6 Å². The third-order valence-corrected chi connectivity index (χ3v) is 4.59. The molecule has 142 valence electrons. The number of β-amino-alcohol motifs (C(OH)–C–C–N with tert-alkyl or cyclic N) is 1. The van der Waals surface area contributed by atoms with Crippen LogP contribution in [0.15, 0.2) is 30.5 Å². The molecule has 4 rings (SSSR count). The standard InChI is InChI=1S/C17H16ClF2N5O2/c1-17(26)5-6-24(9-17)13-12-8-21-25(14(12)23-15(18)22-13)10-3-2-4-11(7-10)27-16(19)20/h2-4,7-8,16,26H,5-6,9H2,1H3/t17-/m1/s1. The highest BCUT2D eigenvalue weighted by molar-refractivity contribution is 6.28. The maximum atomic E-state index is 12.5. The van der Waals surface area contributed by atoms with Crippen molar-refractivity contribution < 1.29 is 18.6 Å². The second kappa shape index (κ2) is 6.58. The first kappa shape index (κ1) is 17.9. The van der Waals surface area contributed by atoms with Gasteiger partial charge in [-0.25, -0.2) is 4.68 Å². The van der Waals surface area contributed by atoms with Gasteiger partial charge < -0.3 is 14.7 Å². The van der Waals surface area contributed by atoms with E-state index in [2.05, 4.69) is 19.8 Å². The summed E-state index contributed by atoms with van der Waals surface area (Å²) in [4.78, 5) is 10.5. The predicted octanol–water partition coefficient (Wildman–Crippen LogP) is 3.03. The number of benzene rings is 1. The molecule has 1 aliphatic rings. The fraction of sp³-hybridized carbons (Fsp3) is 0.353. The lowest BCUT2D eigenvalue weighted by Crippen LogP contribution is -2.30. The van der Waals surface area contributed by atoms with Gasteiger partial charge in [0.15, 0.2) is 5.65 Å². The van der Waals surface area contributed by atoms with Crippen LogP contribution in [-0.4, -0.2) is 50.2 Å². The van der Waals surface area contributed by atoms with Crippen molar-refractivity contribution in [1.29, 1.82) is 0 Å². The van der Waals surface area contributed by atoms with Crippen LogP contribution in [0.5, 0.6) is 5.75 Å². The number of alkyl halides is 2. The van der Waals surface area contributed by atoms with Gasteiger partial charge in [0.05, 0.1) is 22.9 Å². The topological polar surface area (TPSA) is 76.3 Å². The van der Waals surface area contributed by atoms with E-state index < -0.39 is 12.2 Å². The Morgan fingerprint density at radius 2 is 2.15 bits per heavy atom. The minimum atomic E-state index is -2.92. The molecule has 7 nitrogen and oxygen atoms in total. The number of ether oxygens (including phenoxy) is 1. The Balaban J connectivity index is 1.78. The molecule has 0 radical (unpaired) electrons. The third-order valence-electron chi connectivity index (χ3n) is 4.42. The van der Waals surface area contributed by atoms with E-state index in [0.717, 1.165) is 0 Å². The molecule has 27 heavy (non-hydrogen) atoms. The first-order valence-electron chi connectivity index (χ1n) is 8.26. The van der Waals surface area contributed by atoms with Crippen LogP contribution in [0.1, 0.15) is 13.3 Å². The van der Waals surface area contributed by atoms with Gasteiger partial charge in [-0.1, -0.05) is 6.07 Å². The number of rotatable bonds is 4. The van der Waals surface area contributed by atoms with Crippen molar-refractivity contribution in [3.63, 3.8) is 0 Å². The largest absolute Gasteiger partial charge is 0.435 e. The molecule has 1 N–H and O–H groups in total. The number of nitrogens with zero attached hydrogens (tertiary/aromatic N) is 5. The first-order valence-corrected chi connectivity index (χ1v) is 8.64. The summed E-state index contributed by atoms with van der Waals surface area (Å²) in [5.41, 5.74) is 0.128. The number of fused-ring (bicyclic) bond motifs is 1. The van der Waals surface area contributed by atoms with Gasteiger partial charge in [0.2, 0.25) is 5.28 Å². The summed E-state index contributed by atoms with van der Waals surface area (Å²) in [6.07, 6.45) is 2.20. The highest BCUT2D eigenvalue weighted by Gasteiger charge is 2.33. The van der Waals surface area contributed by atoms with Gasteiger partial charge in [-0.05, 0) is 37.1 Å². The maximum Gasteiger partial charge on any atom is 0.387 e. The maximum absolute atomic E-state index is 12.5. The highest BCUT2D eigenvalue weighted by atomic mass is 35.5. The molecule has 2 aromatic heterocycles. The van der Waals surface area contributed by atoms with E-state index in [9.17, 15) is 13.9 Å². The van der Waals surface area contributed by atoms with Gasteiger partial charge in [0.25, 0.3) is 0 Å². The Bertz CT molecular complexity index is 995. The molecule has 10 heteroatoms. The Hall–Kier alpha value is -2.52. The fourth-order valence-corrected chi connectivity index (χ4v) is 3.37. The fourth-order valence-electron chi connectivity index (χ4n) is 3.21. The average Bonchev–Trinajstić information content (AvgIpc) is 3.16. The van der Waals surface area contributed by atoms with E-state index in [0.29, 0.717) is 42.0 Å². The lowest BCUT2D eigenvalue weighted by Gasteiger charge is -2.20. The molecule has 1 aliphatic heterocycles. The minimum absolute atomic E-state index is 0.0158. The zero-order chi connectivity index (χ0) is 19.2. The van der Waals surface area contributed by atoms with Crippen LogP contribution in [0, 0.1) is 0 Å². The summed E-state index contributed by atoms with van der Waals surface area (Å²) >= 11 is 6.11. The molecule has 0 saturated carbocycles. The van der Waals surface area contributed by atoms with Crippen molar-refractivity contribution in [3.05, 3.63) is 35.7 Å². The molecular weight excluding hydrogens is 380 g/mol. The molecule has 0 bridgehead atoms. The van der Waals surface area contributed by atoms with E-state index in [1.807, 2.05) is 4.90 Å². The zero-order valence-corrected chi connectivity index (χ0v) is 15.1. The van der Waals surface area contributed by atoms with Crippen molar-refractivity contribution in [2.45, 2.75) is 25.6 Å². The van der Waals surface area contributed by atoms with Crippen molar-refractivity contribution in [2.24, 2.45) is 0 Å². The van der Waals surface area contributed by atoms with Gasteiger partial charge in [-0.3, -0.25) is 0 Å². The Labute approximate surface area is 158 Å². The Kier molecular flexibility index (Phi) is 4.35. The van der Waals surface area contributed by atoms with Crippen molar-refractivity contribution in [2.75, 3.05) is 18.0 Å². The monoisotopic (exact) mass is 395 g/mol. The van der Waals surface area contributed by atoms with E-state index >= 15 is 0 Å². The SMILES string of the molecule is C[C@@]1(O)CCN(c2nc(Cl)nc3c2cnn3-c2cccc(OC(F)F)c2)C1. The van der Waals surface area contributed by atoms with Gasteiger partial charge in [-0.2, -0.15) is 23.8 Å². The van der Waals surface area contributed by atoms with Crippen molar-refractivity contribution in [3.8, 4) is 11.4 Å². The normalized spacial score (nSPS) is 20.0. The molecule has 1 saturated heterocycles. The Morgan fingerprint density at radius 1 is 1.33 bits per heavy atom. The predicted molar refractivity (Wildman–Crippen MR) is 95.8 cm³/mol. The van der Waals surface area contributed by atoms with Gasteiger partial charge >= 0.3 is 6.61 Å². The first-order chi connectivity index (χ1) is 12.8. The second-order valence-corrected chi connectivity index (χ2v) is 6.99. The van der Waals surface area contributed by atoms with Gasteiger partial charge in [0.1, 0.15) is 11.6 Å². The molecule has 1 aromatic carbocycles. The van der Waals surface area contributed by atoms with Crippen LogP contribution < -0.4 is 9.64 Å². The number of halogens is 3. The van der Waals surface area contributed by atoms with Crippen LogP contribution >= 0.6 is 11.6 Å². The number of hydrogen-bond acceptors (Lipinski definition) is 6. The molecule has 3 aromatic rings. The number of aliphatic hydroxyl groups is 1. The zero-order valence-electron chi connectivity index (χ0n) is 14.3. The summed E-state index contributed by atoms with van der Waals surface area (Å²) in [6, 6.07) is 6.15. The molecule has 0 spiro atoms. The van der Waals surface area contributed by atoms with E-state index in [1.54, 1.807) is 25.3 Å². The Morgan fingerprint density at radius 3 is 2.85 bits per heavy atom. The summed E-state index contributed by atoms with van der Waals surface area (Å²) < 4.78 is 30.9. The van der Waals surface area contributed by atoms with E-state index in [4.69, 9.17) is 11.6 Å². The highest BCUT2D eigenvalue weighted by Crippen LogP contribution is 2.32. The summed E-state index contributed by atoms with van der Waals surface area (Å²) in [5, 5.41) is 15.2. The van der Waals surface area contributed by atoms with Gasteiger partial charge in [-0.15, -0.1) is 0 Å². The number of anilines is 1. The lowest BCUT2D eigenvalue weighted by molar-refractivity contribution is -0.0498. The number of aromatic nitrogens is 4. The van der Waals surface area contributed by atoms with Crippen molar-refractivity contribution in [1.82, 2.24) is 19.7 Å². The molecule has 0 unspecified atom stereocenters. The quantitative estimate of drug-likeness (QED) is 0.684. The molecule has 1 atom stereocenters. The summed E-state index contributed by atoms with van der Waals surface area (Å²) in [7, 11) is 0. The molecule has 3 heterocycles. The van der Waals surface area contributed by atoms with Crippen LogP contribution in [0.2, 0.25) is 5.28 Å². The van der Waals surface area contributed by atoms with Crippen LogP contribution in [0.3, 0.4) is 0 Å². The molecule has 0 aliphatic carbocycles. The van der Waals surface area contributed by atoms with E-state index in [1.165, 1.54) is 16.8 Å². The van der Waals surface area contributed by atoms with Gasteiger partial charge in [0, 0.05) is 19.2 Å². The lowest BCUT2D eigenvalue weighted by atomic mass is 10.1. The van der Waals surface area contributed by atoms with Crippen LogP contribution in [-0.2, 0) is 0 Å². The van der Waals surface area contributed by atoms with Crippen LogP contribution in [0.25, 0.3) is 16.7 Å². The third kappa shape index (κ3) is 3.52. The summed E-state index contributed by atoms with van der Waals surface area (Å²) in [6.45, 7) is -0.109. The smallest absolute Gasteiger partial charge is 0.387 e. The molecular formula is C17H16ClF2N5O2. The van der Waals surface area contributed by atoms with E-state index in [-0.39, 0.29) is 11.0 Å². The number of hydrogen-bond donors (Lipinski definition) is 1. The molecule has 0 amide bonds. The molecule has 1 fully saturated rings.